The topological polar surface area (TPSA) is 186 Å². The van der Waals surface area contributed by atoms with E-state index in [-0.39, 0.29) is 30.9 Å². The van der Waals surface area contributed by atoms with Crippen molar-refractivity contribution >= 4 is 17.8 Å². The van der Waals surface area contributed by atoms with Crippen LogP contribution in [0.3, 0.4) is 0 Å². The number of carbonyl (C=O) groups excluding carboxylic acids is 2. The second-order valence-electron chi connectivity index (χ2n) is 7.65. The summed E-state index contributed by atoms with van der Waals surface area (Å²) in [7, 11) is 0. The number of benzene rings is 1. The maximum Gasteiger partial charge on any atom is 0.303 e. The molecule has 0 fully saturated rings. The summed E-state index contributed by atoms with van der Waals surface area (Å²) < 4.78 is 5.36. The molecule has 2 atom stereocenters. The van der Waals surface area contributed by atoms with Gasteiger partial charge in [-0.25, -0.2) is 0 Å². The highest BCUT2D eigenvalue weighted by atomic mass is 16.6. The summed E-state index contributed by atoms with van der Waals surface area (Å²) in [4.78, 5) is 35.4. The molecule has 2 amide bonds. The van der Waals surface area contributed by atoms with Gasteiger partial charge in [-0.1, -0.05) is 31.9 Å². The van der Waals surface area contributed by atoms with Gasteiger partial charge in [-0.2, -0.15) is 0 Å². The third kappa shape index (κ3) is 12.2. The lowest BCUT2D eigenvalue weighted by Crippen LogP contribution is -2.48. The van der Waals surface area contributed by atoms with Crippen molar-refractivity contribution in [3.05, 3.63) is 29.8 Å². The first-order valence-corrected chi connectivity index (χ1v) is 10.9. The maximum atomic E-state index is 12.6. The summed E-state index contributed by atoms with van der Waals surface area (Å²) in [6.45, 7) is 2.50. The van der Waals surface area contributed by atoms with Crippen molar-refractivity contribution in [1.82, 2.24) is 10.6 Å². The molecule has 0 radical (unpaired) electrons. The Balaban J connectivity index is 2.82. The number of carbonyl (C=O) groups is 3. The first-order chi connectivity index (χ1) is 15.6. The Labute approximate surface area is 192 Å². The van der Waals surface area contributed by atoms with Crippen LogP contribution in [0.5, 0.6) is 5.75 Å². The van der Waals surface area contributed by atoms with Gasteiger partial charge in [0.25, 0.3) is 0 Å². The Morgan fingerprint density at radius 1 is 1.00 bits per heavy atom. The van der Waals surface area contributed by atoms with Gasteiger partial charge in [-0.3, -0.25) is 14.4 Å². The van der Waals surface area contributed by atoms with Crippen LogP contribution < -0.4 is 15.4 Å². The summed E-state index contributed by atoms with van der Waals surface area (Å²) in [5.74, 6) is -1.80. The quantitative estimate of drug-likeness (QED) is 0.125. The van der Waals surface area contributed by atoms with Gasteiger partial charge in [0.1, 0.15) is 11.8 Å². The zero-order valence-electron chi connectivity index (χ0n) is 18.6. The van der Waals surface area contributed by atoms with E-state index >= 15 is 0 Å². The van der Waals surface area contributed by atoms with Gasteiger partial charge in [0.15, 0.2) is 18.7 Å². The zero-order chi connectivity index (χ0) is 24.8. The molecule has 2 unspecified atom stereocenters. The first kappa shape index (κ1) is 28.3. The number of unbranched alkanes of at least 4 members (excludes halogenated alkanes) is 2. The molecule has 0 saturated carbocycles. The number of aliphatic hydroxyl groups excluding tert-OH is 2. The molecule has 0 aliphatic rings. The van der Waals surface area contributed by atoms with Crippen LogP contribution in [0, 0.1) is 0 Å². The molecule has 7 N–H and O–H groups in total. The minimum atomic E-state index is -1.92. The molecule has 1 rings (SSSR count). The van der Waals surface area contributed by atoms with Crippen molar-refractivity contribution in [2.75, 3.05) is 6.54 Å². The minimum Gasteiger partial charge on any atom is -0.485 e. The Bertz CT molecular complexity index is 738. The first-order valence-electron chi connectivity index (χ1n) is 10.9. The van der Waals surface area contributed by atoms with Gasteiger partial charge in [-0.15, -0.1) is 0 Å². The van der Waals surface area contributed by atoms with E-state index in [4.69, 9.17) is 20.1 Å². The van der Waals surface area contributed by atoms with Gasteiger partial charge in [0, 0.05) is 25.8 Å². The van der Waals surface area contributed by atoms with Crippen LogP contribution in [0.25, 0.3) is 0 Å². The second-order valence-corrected chi connectivity index (χ2v) is 7.65. The fourth-order valence-corrected chi connectivity index (χ4v) is 2.96. The summed E-state index contributed by atoms with van der Waals surface area (Å²) in [5.41, 5.74) is 0.665. The second kappa shape index (κ2) is 15.2. The number of aliphatic hydroxyl groups is 4. The maximum absolute atomic E-state index is 12.6. The SMILES string of the molecule is CCCCCNC(=O)C(Cc1ccc(OC(CC(O)O)C(O)O)cc1)NC(=O)CCC(=O)O. The van der Waals surface area contributed by atoms with Gasteiger partial charge in [-0.05, 0) is 24.1 Å². The van der Waals surface area contributed by atoms with E-state index in [1.54, 1.807) is 12.1 Å². The van der Waals surface area contributed by atoms with Crippen LogP contribution >= 0.6 is 0 Å². The van der Waals surface area contributed by atoms with E-state index in [0.717, 1.165) is 19.3 Å². The molecule has 1 aromatic carbocycles. The number of carboxylic acids is 1. The molecular formula is C22H34N2O9. The monoisotopic (exact) mass is 470 g/mol. The summed E-state index contributed by atoms with van der Waals surface area (Å²) in [6, 6.07) is 5.35. The predicted octanol–water partition coefficient (Wildman–Crippen LogP) is -0.356. The van der Waals surface area contributed by atoms with Crippen LogP contribution in [-0.2, 0) is 20.8 Å². The van der Waals surface area contributed by atoms with Gasteiger partial charge in [0.05, 0.1) is 6.42 Å². The van der Waals surface area contributed by atoms with E-state index < -0.39 is 43.0 Å². The van der Waals surface area contributed by atoms with Crippen LogP contribution in [0.1, 0.15) is 51.0 Å². The van der Waals surface area contributed by atoms with Crippen molar-refractivity contribution in [3.8, 4) is 5.75 Å². The van der Waals surface area contributed by atoms with E-state index in [2.05, 4.69) is 10.6 Å². The molecule has 0 aromatic heterocycles. The molecule has 11 heteroatoms. The number of aliphatic carboxylic acids is 1. The van der Waals surface area contributed by atoms with Gasteiger partial charge in [0.2, 0.25) is 11.8 Å². The molecule has 1 aromatic rings. The molecule has 0 bridgehead atoms. The number of amides is 2. The smallest absolute Gasteiger partial charge is 0.303 e. The Morgan fingerprint density at radius 2 is 1.67 bits per heavy atom. The molecule has 0 heterocycles. The van der Waals surface area contributed by atoms with E-state index in [1.807, 2.05) is 6.92 Å². The number of carboxylic acid groups (broad SMARTS) is 1. The van der Waals surface area contributed by atoms with Crippen molar-refractivity contribution in [3.63, 3.8) is 0 Å². The largest absolute Gasteiger partial charge is 0.485 e. The van der Waals surface area contributed by atoms with Crippen molar-refractivity contribution < 1.29 is 44.7 Å². The average Bonchev–Trinajstić information content (AvgIpc) is 2.75. The molecule has 186 valence electrons. The van der Waals surface area contributed by atoms with Gasteiger partial charge >= 0.3 is 5.97 Å². The molecule has 0 aliphatic heterocycles. The molecule has 33 heavy (non-hydrogen) atoms. The zero-order valence-corrected chi connectivity index (χ0v) is 18.6. The highest BCUT2D eigenvalue weighted by Crippen LogP contribution is 2.18. The molecule has 0 saturated heterocycles. The third-order valence-corrected chi connectivity index (χ3v) is 4.72. The number of hydrogen-bond acceptors (Lipinski definition) is 8. The lowest BCUT2D eigenvalue weighted by Gasteiger charge is -2.22. The van der Waals surface area contributed by atoms with Crippen molar-refractivity contribution in [2.24, 2.45) is 0 Å². The number of rotatable bonds is 16. The fourth-order valence-electron chi connectivity index (χ4n) is 2.96. The number of ether oxygens (including phenoxy) is 1. The summed E-state index contributed by atoms with van der Waals surface area (Å²) in [6.07, 6.45) is -3.08. The molecule has 0 aliphatic carbocycles. The third-order valence-electron chi connectivity index (χ3n) is 4.72. The van der Waals surface area contributed by atoms with E-state index in [1.165, 1.54) is 12.1 Å². The Hall–Kier alpha value is -2.73. The van der Waals surface area contributed by atoms with E-state index in [9.17, 15) is 24.6 Å². The van der Waals surface area contributed by atoms with Crippen LogP contribution in [0.2, 0.25) is 0 Å². The Kier molecular flexibility index (Phi) is 13.0. The van der Waals surface area contributed by atoms with Gasteiger partial charge < -0.3 is 40.9 Å². The Morgan fingerprint density at radius 3 is 2.21 bits per heavy atom. The minimum absolute atomic E-state index is 0.139. The number of nitrogens with one attached hydrogen (secondary N) is 2. The highest BCUT2D eigenvalue weighted by Gasteiger charge is 2.23. The van der Waals surface area contributed by atoms with Crippen LogP contribution in [-0.4, -0.2) is 74.6 Å². The van der Waals surface area contributed by atoms with Crippen molar-refractivity contribution in [2.45, 2.75) is 76.6 Å². The normalized spacial score (nSPS) is 12.9. The standard InChI is InChI=1S/C22H34N2O9/c1-2-3-4-11-23-21(30)16(24-18(25)9-10-19(26)27)12-14-5-7-15(8-6-14)33-17(22(31)32)13-20(28)29/h5-8,16-17,20,22,28-29,31-32H,2-4,9-13H2,1H3,(H,23,30)(H,24,25)(H,26,27). The highest BCUT2D eigenvalue weighted by molar-refractivity contribution is 5.88. The summed E-state index contributed by atoms with van der Waals surface area (Å²) in [5, 5.41) is 50.8. The lowest BCUT2D eigenvalue weighted by atomic mass is 10.0. The molecule has 11 nitrogen and oxygen atoms in total. The average molecular weight is 471 g/mol. The van der Waals surface area contributed by atoms with Crippen LogP contribution in [0.4, 0.5) is 0 Å². The predicted molar refractivity (Wildman–Crippen MR) is 117 cm³/mol. The fraction of sp³-hybridized carbons (Fsp3) is 0.591. The van der Waals surface area contributed by atoms with Crippen molar-refractivity contribution in [1.29, 1.82) is 0 Å². The molecular weight excluding hydrogens is 436 g/mol. The summed E-state index contributed by atoms with van der Waals surface area (Å²) >= 11 is 0. The lowest BCUT2D eigenvalue weighted by molar-refractivity contribution is -0.146. The van der Waals surface area contributed by atoms with E-state index in [0.29, 0.717) is 12.1 Å². The molecule has 0 spiro atoms. The number of hydrogen-bond donors (Lipinski definition) is 7. The van der Waals surface area contributed by atoms with Crippen LogP contribution in [0.15, 0.2) is 24.3 Å².